The highest BCUT2D eigenvalue weighted by molar-refractivity contribution is 6.08. The number of ether oxygens (including phenoxy) is 1. The molecule has 0 unspecified atom stereocenters. The van der Waals surface area contributed by atoms with Crippen molar-refractivity contribution in [3.8, 4) is 0 Å². The first-order valence-electron chi connectivity index (χ1n) is 22.1. The van der Waals surface area contributed by atoms with Crippen molar-refractivity contribution in [2.45, 2.75) is 95.7 Å². The molecule has 2 N–H and O–H groups in total. The summed E-state index contributed by atoms with van der Waals surface area (Å²) in [4.78, 5) is 64.3. The molecule has 1 saturated carbocycles. The molecule has 328 valence electrons. The van der Waals surface area contributed by atoms with Crippen LogP contribution < -0.4 is 20.4 Å². The Labute approximate surface area is 357 Å². The van der Waals surface area contributed by atoms with Gasteiger partial charge in [0.15, 0.2) is 11.3 Å². The molecule has 0 radical (unpaired) electrons. The molecule has 8 heterocycles. The third-order valence-corrected chi connectivity index (χ3v) is 14.5. The maximum Gasteiger partial charge on any atom is 0.328 e. The van der Waals surface area contributed by atoms with E-state index in [0.717, 1.165) is 95.3 Å². The van der Waals surface area contributed by atoms with Gasteiger partial charge in [0.25, 0.3) is 18.2 Å². The monoisotopic (exact) mass is 853 g/mol. The highest BCUT2D eigenvalue weighted by Crippen LogP contribution is 2.47. The number of amides is 5. The van der Waals surface area contributed by atoms with Crippen molar-refractivity contribution in [3.05, 3.63) is 65.2 Å². The van der Waals surface area contributed by atoms with Crippen LogP contribution in [0.4, 0.5) is 30.8 Å². The zero-order valence-corrected chi connectivity index (χ0v) is 35.0. The highest BCUT2D eigenvalue weighted by Gasteiger charge is 2.41. The van der Waals surface area contributed by atoms with E-state index in [1.165, 1.54) is 15.6 Å². The highest BCUT2D eigenvalue weighted by atomic mass is 19.3. The topological polar surface area (TPSA) is 163 Å². The summed E-state index contributed by atoms with van der Waals surface area (Å²) < 4.78 is 37.5. The molecule has 1 aliphatic carbocycles. The normalized spacial score (nSPS) is 23.6. The fraction of sp³-hybridized carbons (Fsp3) is 0.568. The van der Waals surface area contributed by atoms with Crippen molar-refractivity contribution < 1.29 is 32.7 Å². The molecule has 5 aliphatic heterocycles. The van der Waals surface area contributed by atoms with Crippen LogP contribution in [0.3, 0.4) is 0 Å². The lowest BCUT2D eigenvalue weighted by Gasteiger charge is -2.47. The summed E-state index contributed by atoms with van der Waals surface area (Å²) in [7, 11) is 0. The van der Waals surface area contributed by atoms with Gasteiger partial charge in [-0.3, -0.25) is 29.3 Å². The van der Waals surface area contributed by atoms with Gasteiger partial charge in [0, 0.05) is 75.9 Å². The Hall–Kier alpha value is -5.49. The molecule has 62 heavy (non-hydrogen) atoms. The number of carbonyl (C=O) groups excluding carboxylic acids is 4. The van der Waals surface area contributed by atoms with Crippen LogP contribution in [-0.2, 0) is 9.53 Å². The van der Waals surface area contributed by atoms with Crippen molar-refractivity contribution >= 4 is 46.6 Å². The van der Waals surface area contributed by atoms with Gasteiger partial charge in [0.05, 0.1) is 36.7 Å². The van der Waals surface area contributed by atoms with E-state index >= 15 is 0 Å². The summed E-state index contributed by atoms with van der Waals surface area (Å²) in [5, 5.41) is 13.7. The Morgan fingerprint density at radius 3 is 2.50 bits per heavy atom. The standard InChI is InChI=1S/C44H53F2N11O5/c1-27-2-3-29(20-35(27)54-16-9-37(58)50-43(54)61)42(60)53-18-12-44(13-19-53)10-4-28(5-11-44)23-52-14-6-30(7-15-52)57-25-34(38(51-57)39(45)46)48-41(59)33-22-47-56-17-8-36(49-40(33)56)55-24-32-21-31(55)26-62-32/h2-3,8,17,20,22,25,28,30-32,39H,4-7,9-16,18-19,21,23-24,26H2,1H3,(H,48,59)(H,50,58,61)/t31-,32-/m1/s1. The Bertz CT molecular complexity index is 2380. The number of hydrogen-bond acceptors (Lipinski definition) is 10. The number of nitrogens with one attached hydrogen (secondary N) is 2. The van der Waals surface area contributed by atoms with E-state index in [1.807, 2.05) is 30.0 Å². The van der Waals surface area contributed by atoms with Crippen LogP contribution in [0.5, 0.6) is 0 Å². The Morgan fingerprint density at radius 1 is 1.00 bits per heavy atom. The Kier molecular flexibility index (Phi) is 10.7. The molecule has 10 rings (SSSR count). The smallest absolute Gasteiger partial charge is 0.328 e. The first kappa shape index (κ1) is 40.6. The van der Waals surface area contributed by atoms with E-state index in [4.69, 9.17) is 9.72 Å². The van der Waals surface area contributed by atoms with Crippen LogP contribution >= 0.6 is 0 Å². The summed E-state index contributed by atoms with van der Waals surface area (Å²) in [6, 6.07) is 7.07. The summed E-state index contributed by atoms with van der Waals surface area (Å²) in [5.74, 6) is 0.443. The van der Waals surface area contributed by atoms with Gasteiger partial charge in [-0.15, -0.1) is 0 Å². The third kappa shape index (κ3) is 7.79. The summed E-state index contributed by atoms with van der Waals surface area (Å²) in [6.07, 6.45) is 11.3. The SMILES string of the molecule is Cc1ccc(C(=O)N2CCC3(CCC(CN4CCC(n5cc(NC(=O)c6cnn7ccc(N8C[C@H]9C[C@@H]8CO9)nc67)c(C(F)F)n5)CC4)CC3)CC2)cc1N1CCC(=O)NC1=O. The van der Waals surface area contributed by atoms with Crippen molar-refractivity contribution in [2.24, 2.45) is 11.3 Å². The molecule has 6 aliphatic rings. The number of aryl methyl sites for hydroxylation is 1. The largest absolute Gasteiger partial charge is 0.374 e. The van der Waals surface area contributed by atoms with Crippen LogP contribution in [0.1, 0.15) is 109 Å². The van der Waals surface area contributed by atoms with Gasteiger partial charge < -0.3 is 24.8 Å². The van der Waals surface area contributed by atoms with Gasteiger partial charge >= 0.3 is 6.03 Å². The number of benzene rings is 1. The number of nitrogens with zero attached hydrogens (tertiary/aromatic N) is 9. The Balaban J connectivity index is 0.701. The third-order valence-electron chi connectivity index (χ3n) is 14.5. The molecule has 3 aromatic heterocycles. The minimum atomic E-state index is -2.86. The lowest BCUT2D eigenvalue weighted by atomic mass is 9.65. The number of rotatable bonds is 9. The number of likely N-dealkylation sites (tertiary alicyclic amines) is 2. The van der Waals surface area contributed by atoms with E-state index < -0.39 is 24.1 Å². The number of morpholine rings is 1. The quantitative estimate of drug-likeness (QED) is 0.217. The average molecular weight is 854 g/mol. The van der Waals surface area contributed by atoms with Gasteiger partial charge in [-0.05, 0) is 99.8 Å². The predicted molar refractivity (Wildman–Crippen MR) is 225 cm³/mol. The number of alkyl halides is 2. The van der Waals surface area contributed by atoms with Crippen molar-refractivity contribution in [3.63, 3.8) is 0 Å². The van der Waals surface area contributed by atoms with Crippen LogP contribution in [0.2, 0.25) is 0 Å². The lowest BCUT2D eigenvalue weighted by Crippen LogP contribution is -2.50. The maximum atomic E-state index is 14.3. The number of carbonyl (C=O) groups is 4. The van der Waals surface area contributed by atoms with Crippen LogP contribution in [0.25, 0.3) is 5.65 Å². The first-order chi connectivity index (χ1) is 30.0. The number of fused-ring (bicyclic) bond motifs is 3. The number of piperidine rings is 2. The number of imide groups is 1. The number of halogens is 2. The van der Waals surface area contributed by atoms with E-state index in [9.17, 15) is 28.0 Å². The van der Waals surface area contributed by atoms with Crippen molar-refractivity contribution in [2.75, 3.05) is 67.5 Å². The second-order valence-electron chi connectivity index (χ2n) is 18.3. The molecular weight excluding hydrogens is 801 g/mol. The van der Waals surface area contributed by atoms with Gasteiger partial charge in [-0.25, -0.2) is 23.1 Å². The molecule has 2 bridgehead atoms. The second kappa shape index (κ2) is 16.3. The van der Waals surface area contributed by atoms with Gasteiger partial charge in [0.2, 0.25) is 5.91 Å². The molecule has 18 heteroatoms. The second-order valence-corrected chi connectivity index (χ2v) is 18.3. The molecule has 5 amide bonds. The average Bonchev–Trinajstić information content (AvgIpc) is 4.10. The molecule has 2 atom stereocenters. The van der Waals surface area contributed by atoms with E-state index in [2.05, 4.69) is 30.6 Å². The number of aromatic nitrogens is 5. The fourth-order valence-corrected chi connectivity index (χ4v) is 10.8. The zero-order valence-electron chi connectivity index (χ0n) is 35.0. The fourth-order valence-electron chi connectivity index (χ4n) is 10.8. The minimum Gasteiger partial charge on any atom is -0.374 e. The number of anilines is 3. The predicted octanol–water partition coefficient (Wildman–Crippen LogP) is 5.60. The molecule has 16 nitrogen and oxygen atoms in total. The molecule has 6 fully saturated rings. The van der Waals surface area contributed by atoms with Crippen molar-refractivity contribution in [1.82, 2.24) is 39.5 Å². The molecule has 1 spiro atoms. The number of urea groups is 1. The molecule has 5 saturated heterocycles. The van der Waals surface area contributed by atoms with Crippen LogP contribution in [-0.4, -0.2) is 122 Å². The van der Waals surface area contributed by atoms with E-state index in [1.54, 1.807) is 23.1 Å². The molecule has 4 aromatic rings. The van der Waals surface area contributed by atoms with E-state index in [0.29, 0.717) is 42.5 Å². The minimum absolute atomic E-state index is 0.00413. The van der Waals surface area contributed by atoms with Gasteiger partial charge in [0.1, 0.15) is 11.4 Å². The van der Waals surface area contributed by atoms with Crippen LogP contribution in [0.15, 0.2) is 42.9 Å². The Morgan fingerprint density at radius 2 is 1.79 bits per heavy atom. The zero-order chi connectivity index (χ0) is 42.7. The molecular formula is C44H53F2N11O5. The summed E-state index contributed by atoms with van der Waals surface area (Å²) in [6.45, 7) is 7.69. The van der Waals surface area contributed by atoms with Crippen LogP contribution in [0, 0.1) is 18.3 Å². The van der Waals surface area contributed by atoms with Crippen molar-refractivity contribution in [1.29, 1.82) is 0 Å². The number of hydrogen-bond donors (Lipinski definition) is 2. The van der Waals surface area contributed by atoms with Gasteiger partial charge in [-0.1, -0.05) is 6.07 Å². The lowest BCUT2D eigenvalue weighted by molar-refractivity contribution is -0.120. The first-order valence-corrected chi connectivity index (χ1v) is 22.1. The van der Waals surface area contributed by atoms with Gasteiger partial charge in [-0.2, -0.15) is 10.2 Å². The molecule has 1 aromatic carbocycles. The maximum absolute atomic E-state index is 14.3. The summed E-state index contributed by atoms with van der Waals surface area (Å²) >= 11 is 0. The summed E-state index contributed by atoms with van der Waals surface area (Å²) in [5.41, 5.74) is 2.43. The van der Waals surface area contributed by atoms with E-state index in [-0.39, 0.29) is 59.6 Å².